The van der Waals surface area contributed by atoms with Gasteiger partial charge in [-0.1, -0.05) is 13.8 Å². The number of piperidine rings is 1. The molecule has 0 unspecified atom stereocenters. The van der Waals surface area contributed by atoms with Crippen molar-refractivity contribution in [3.8, 4) is 0 Å². The highest BCUT2D eigenvalue weighted by atomic mass is 16.5. The first-order valence-electron chi connectivity index (χ1n) is 6.65. The molecule has 5 heteroatoms. The Morgan fingerprint density at radius 1 is 1.33 bits per heavy atom. The Bertz CT molecular complexity index is 284. The average molecular weight is 256 g/mol. The van der Waals surface area contributed by atoms with E-state index in [4.69, 9.17) is 0 Å². The summed E-state index contributed by atoms with van der Waals surface area (Å²) < 4.78 is 4.67. The summed E-state index contributed by atoms with van der Waals surface area (Å²) in [6, 6.07) is 0.200. The zero-order valence-corrected chi connectivity index (χ0v) is 11.6. The number of amides is 2. The standard InChI is InChI=1S/C13H24N2O3/c1-10(2)4-5-12(16)14-11-6-8-15(9-7-11)13(17)18-3/h10-11H,4-9H2,1-3H3,(H,14,16). The Morgan fingerprint density at radius 3 is 2.44 bits per heavy atom. The van der Waals surface area contributed by atoms with Gasteiger partial charge < -0.3 is 15.0 Å². The van der Waals surface area contributed by atoms with Gasteiger partial charge in [0.2, 0.25) is 5.91 Å². The van der Waals surface area contributed by atoms with E-state index in [0.717, 1.165) is 19.3 Å². The van der Waals surface area contributed by atoms with E-state index in [1.54, 1.807) is 4.90 Å². The van der Waals surface area contributed by atoms with Gasteiger partial charge in [-0.15, -0.1) is 0 Å². The smallest absolute Gasteiger partial charge is 0.409 e. The third-order valence-corrected chi connectivity index (χ3v) is 3.24. The van der Waals surface area contributed by atoms with Crippen molar-refractivity contribution in [3.63, 3.8) is 0 Å². The molecule has 0 aromatic carbocycles. The van der Waals surface area contributed by atoms with E-state index in [1.165, 1.54) is 7.11 Å². The largest absolute Gasteiger partial charge is 0.453 e. The van der Waals surface area contributed by atoms with Crippen LogP contribution in [0.1, 0.15) is 39.5 Å². The number of carbonyl (C=O) groups is 2. The van der Waals surface area contributed by atoms with Crippen LogP contribution in [-0.4, -0.2) is 43.1 Å². The summed E-state index contributed by atoms with van der Waals surface area (Å²) in [5.74, 6) is 0.678. The fourth-order valence-corrected chi connectivity index (χ4v) is 2.06. The molecule has 18 heavy (non-hydrogen) atoms. The first-order valence-corrected chi connectivity index (χ1v) is 6.65. The predicted molar refractivity (Wildman–Crippen MR) is 69.2 cm³/mol. The maximum absolute atomic E-state index is 11.7. The minimum absolute atomic E-state index is 0.125. The third kappa shape index (κ3) is 4.94. The van der Waals surface area contributed by atoms with Crippen LogP contribution in [0.5, 0.6) is 0 Å². The Hall–Kier alpha value is -1.26. The molecule has 0 aliphatic carbocycles. The maximum atomic E-state index is 11.7. The van der Waals surface area contributed by atoms with Crippen LogP contribution >= 0.6 is 0 Å². The molecular formula is C13H24N2O3. The van der Waals surface area contributed by atoms with E-state index in [-0.39, 0.29) is 18.0 Å². The van der Waals surface area contributed by atoms with Crippen molar-refractivity contribution in [1.29, 1.82) is 0 Å². The molecule has 0 spiro atoms. The number of nitrogens with zero attached hydrogens (tertiary/aromatic N) is 1. The van der Waals surface area contributed by atoms with Crippen molar-refractivity contribution in [3.05, 3.63) is 0 Å². The van der Waals surface area contributed by atoms with Crippen LogP contribution in [0.2, 0.25) is 0 Å². The van der Waals surface area contributed by atoms with Crippen molar-refractivity contribution in [2.45, 2.75) is 45.6 Å². The number of ether oxygens (including phenoxy) is 1. The summed E-state index contributed by atoms with van der Waals surface area (Å²) in [6.45, 7) is 5.54. The van der Waals surface area contributed by atoms with Crippen molar-refractivity contribution in [2.24, 2.45) is 5.92 Å². The summed E-state index contributed by atoms with van der Waals surface area (Å²) in [4.78, 5) is 24.6. The van der Waals surface area contributed by atoms with Crippen LogP contribution in [0, 0.1) is 5.92 Å². The van der Waals surface area contributed by atoms with Gasteiger partial charge >= 0.3 is 6.09 Å². The Kier molecular flexibility index (Phi) is 5.95. The summed E-state index contributed by atoms with van der Waals surface area (Å²) in [5, 5.41) is 3.03. The topological polar surface area (TPSA) is 58.6 Å². The lowest BCUT2D eigenvalue weighted by atomic mass is 10.0. The van der Waals surface area contributed by atoms with Crippen molar-refractivity contribution >= 4 is 12.0 Å². The molecule has 104 valence electrons. The van der Waals surface area contributed by atoms with Crippen LogP contribution < -0.4 is 5.32 Å². The van der Waals surface area contributed by atoms with Crippen LogP contribution in [0.15, 0.2) is 0 Å². The number of hydrogen-bond donors (Lipinski definition) is 1. The number of rotatable bonds is 4. The molecule has 0 aromatic heterocycles. The zero-order valence-electron chi connectivity index (χ0n) is 11.6. The van der Waals surface area contributed by atoms with Gasteiger partial charge in [-0.25, -0.2) is 4.79 Å². The molecule has 0 bridgehead atoms. The van der Waals surface area contributed by atoms with Gasteiger partial charge in [-0.05, 0) is 25.2 Å². The minimum Gasteiger partial charge on any atom is -0.453 e. The second-order valence-electron chi connectivity index (χ2n) is 5.23. The summed E-state index contributed by atoms with van der Waals surface area (Å²) in [7, 11) is 1.39. The molecule has 0 aromatic rings. The molecule has 1 rings (SSSR count). The van der Waals surface area contributed by atoms with Crippen molar-refractivity contribution in [2.75, 3.05) is 20.2 Å². The molecule has 0 atom stereocenters. The molecule has 1 N–H and O–H groups in total. The normalized spacial score (nSPS) is 16.8. The van der Waals surface area contributed by atoms with Gasteiger partial charge in [0.15, 0.2) is 0 Å². The summed E-state index contributed by atoms with van der Waals surface area (Å²) >= 11 is 0. The Labute approximate surface area is 109 Å². The molecule has 2 amide bonds. The lowest BCUT2D eigenvalue weighted by Gasteiger charge is -2.31. The number of likely N-dealkylation sites (tertiary alicyclic amines) is 1. The van der Waals surface area contributed by atoms with Gasteiger partial charge in [0.1, 0.15) is 0 Å². The van der Waals surface area contributed by atoms with Gasteiger partial charge in [-0.2, -0.15) is 0 Å². The number of nitrogens with one attached hydrogen (secondary N) is 1. The van der Waals surface area contributed by atoms with Crippen LogP contribution in [0.25, 0.3) is 0 Å². The number of carbonyl (C=O) groups excluding carboxylic acids is 2. The van der Waals surface area contributed by atoms with Crippen molar-refractivity contribution in [1.82, 2.24) is 10.2 Å². The molecule has 1 aliphatic rings. The number of hydrogen-bond acceptors (Lipinski definition) is 3. The molecule has 1 aliphatic heterocycles. The van der Waals surface area contributed by atoms with E-state index in [2.05, 4.69) is 23.9 Å². The zero-order chi connectivity index (χ0) is 13.5. The third-order valence-electron chi connectivity index (χ3n) is 3.24. The molecule has 0 saturated carbocycles. The summed E-state index contributed by atoms with van der Waals surface area (Å²) in [5.41, 5.74) is 0. The van der Waals surface area contributed by atoms with E-state index in [0.29, 0.717) is 25.4 Å². The second kappa shape index (κ2) is 7.24. The lowest BCUT2D eigenvalue weighted by Crippen LogP contribution is -2.46. The highest BCUT2D eigenvalue weighted by molar-refractivity contribution is 5.76. The van der Waals surface area contributed by atoms with Crippen LogP contribution in [0.4, 0.5) is 4.79 Å². The van der Waals surface area contributed by atoms with Crippen molar-refractivity contribution < 1.29 is 14.3 Å². The van der Waals surface area contributed by atoms with E-state index in [9.17, 15) is 9.59 Å². The fourth-order valence-electron chi connectivity index (χ4n) is 2.06. The van der Waals surface area contributed by atoms with Gasteiger partial charge in [0.05, 0.1) is 7.11 Å². The van der Waals surface area contributed by atoms with Crippen LogP contribution in [-0.2, 0) is 9.53 Å². The highest BCUT2D eigenvalue weighted by Crippen LogP contribution is 2.12. The highest BCUT2D eigenvalue weighted by Gasteiger charge is 2.23. The van der Waals surface area contributed by atoms with E-state index in [1.807, 2.05) is 0 Å². The predicted octanol–water partition coefficient (Wildman–Crippen LogP) is 1.77. The van der Waals surface area contributed by atoms with E-state index >= 15 is 0 Å². The van der Waals surface area contributed by atoms with E-state index < -0.39 is 0 Å². The molecule has 1 fully saturated rings. The average Bonchev–Trinajstić information content (AvgIpc) is 2.36. The molecule has 0 radical (unpaired) electrons. The summed E-state index contributed by atoms with van der Waals surface area (Å²) in [6.07, 6.45) is 2.85. The Morgan fingerprint density at radius 2 is 1.94 bits per heavy atom. The second-order valence-corrected chi connectivity index (χ2v) is 5.23. The first kappa shape index (κ1) is 14.8. The van der Waals surface area contributed by atoms with Gasteiger partial charge in [0.25, 0.3) is 0 Å². The number of methoxy groups -OCH3 is 1. The molecular weight excluding hydrogens is 232 g/mol. The SMILES string of the molecule is COC(=O)N1CCC(NC(=O)CCC(C)C)CC1. The first-order chi connectivity index (χ1) is 8.52. The fraction of sp³-hybridized carbons (Fsp3) is 0.846. The molecule has 1 heterocycles. The quantitative estimate of drug-likeness (QED) is 0.834. The van der Waals surface area contributed by atoms with Gasteiger partial charge in [-0.3, -0.25) is 4.79 Å². The molecule has 5 nitrogen and oxygen atoms in total. The van der Waals surface area contributed by atoms with Gasteiger partial charge in [0, 0.05) is 25.6 Å². The minimum atomic E-state index is -0.278. The monoisotopic (exact) mass is 256 g/mol. The maximum Gasteiger partial charge on any atom is 0.409 e. The Balaban J connectivity index is 2.23. The molecule has 1 saturated heterocycles. The van der Waals surface area contributed by atoms with Crippen LogP contribution in [0.3, 0.4) is 0 Å². The lowest BCUT2D eigenvalue weighted by molar-refractivity contribution is -0.122.